The number of nitrogens with zero attached hydrogens (tertiary/aromatic N) is 2. The summed E-state index contributed by atoms with van der Waals surface area (Å²) in [6, 6.07) is 3.03. The van der Waals surface area contributed by atoms with E-state index in [1.807, 2.05) is 0 Å². The molecule has 0 fully saturated rings. The first kappa shape index (κ1) is 19.6. The fraction of sp³-hybridized carbons (Fsp3) is 0.389. The largest absolute Gasteiger partial charge is 0.377 e. The summed E-state index contributed by atoms with van der Waals surface area (Å²) >= 11 is 0. The van der Waals surface area contributed by atoms with Gasteiger partial charge >= 0.3 is 0 Å². The van der Waals surface area contributed by atoms with Crippen LogP contribution in [-0.4, -0.2) is 28.5 Å². The van der Waals surface area contributed by atoms with E-state index in [-0.39, 0.29) is 28.8 Å². The zero-order valence-corrected chi connectivity index (χ0v) is 15.2. The van der Waals surface area contributed by atoms with Crippen LogP contribution in [0.4, 0.5) is 21.6 Å². The molecule has 26 heavy (non-hydrogen) atoms. The number of aromatic nitrogens is 2. The van der Waals surface area contributed by atoms with Gasteiger partial charge in [0.25, 0.3) is 5.91 Å². The van der Waals surface area contributed by atoms with Crippen LogP contribution in [0.2, 0.25) is 0 Å². The third-order valence-electron chi connectivity index (χ3n) is 3.92. The van der Waals surface area contributed by atoms with E-state index >= 15 is 4.39 Å². The Balaban J connectivity index is 2.33. The van der Waals surface area contributed by atoms with Gasteiger partial charge in [0, 0.05) is 18.8 Å². The molecular formula is C18H25FN6O. The van der Waals surface area contributed by atoms with Gasteiger partial charge in [0.1, 0.15) is 5.82 Å². The quantitative estimate of drug-likeness (QED) is 0.574. The minimum atomic E-state index is -0.653. The molecule has 0 aliphatic carbocycles. The fourth-order valence-corrected chi connectivity index (χ4v) is 2.65. The Kier molecular flexibility index (Phi) is 6.46. The summed E-state index contributed by atoms with van der Waals surface area (Å²) in [5, 5.41) is 5.95. The van der Waals surface area contributed by atoms with Crippen LogP contribution in [0.5, 0.6) is 0 Å². The summed E-state index contributed by atoms with van der Waals surface area (Å²) < 4.78 is 15.0. The van der Waals surface area contributed by atoms with Gasteiger partial charge < -0.3 is 22.1 Å². The maximum Gasteiger partial charge on any atom is 0.252 e. The highest BCUT2D eigenvalue weighted by Crippen LogP contribution is 2.28. The third kappa shape index (κ3) is 4.66. The van der Waals surface area contributed by atoms with Gasteiger partial charge in [-0.2, -0.15) is 0 Å². The summed E-state index contributed by atoms with van der Waals surface area (Å²) in [6.45, 7) is 6.25. The molecule has 2 heterocycles. The van der Waals surface area contributed by atoms with Gasteiger partial charge in [-0.05, 0) is 31.4 Å². The molecule has 2 aromatic rings. The van der Waals surface area contributed by atoms with Crippen LogP contribution in [0.15, 0.2) is 24.5 Å². The van der Waals surface area contributed by atoms with E-state index in [2.05, 4.69) is 34.4 Å². The number of rotatable bonds is 8. The van der Waals surface area contributed by atoms with Gasteiger partial charge in [0.05, 0.1) is 28.8 Å². The van der Waals surface area contributed by atoms with Gasteiger partial charge in [-0.1, -0.05) is 13.8 Å². The molecule has 7 nitrogen and oxygen atoms in total. The number of aryl methyl sites for hydroxylation is 1. The molecule has 0 aliphatic heterocycles. The standard InChI is InChI=1S/C18H25FN6O/c1-10(2)7-12(8-20)24-16-11(3)23-9-14(15(16)19)25-18-13(17(21)26)5-4-6-22-18/h4-6,9-10,12,24H,7-8,20H2,1-3H3,(H2,21,26)(H,22,25)/t12-/m1/s1. The molecule has 0 bridgehead atoms. The lowest BCUT2D eigenvalue weighted by molar-refractivity contribution is 0.100. The van der Waals surface area contributed by atoms with Gasteiger partial charge in [-0.15, -0.1) is 0 Å². The lowest BCUT2D eigenvalue weighted by Crippen LogP contribution is -2.31. The number of halogens is 1. The number of pyridine rings is 2. The highest BCUT2D eigenvalue weighted by atomic mass is 19.1. The zero-order chi connectivity index (χ0) is 19.3. The lowest BCUT2D eigenvalue weighted by Gasteiger charge is -2.22. The number of primary amides is 1. The van der Waals surface area contributed by atoms with Crippen molar-refractivity contribution in [3.05, 3.63) is 41.6 Å². The predicted molar refractivity (Wildman–Crippen MR) is 101 cm³/mol. The maximum atomic E-state index is 15.0. The van der Waals surface area contributed by atoms with E-state index in [1.54, 1.807) is 13.0 Å². The van der Waals surface area contributed by atoms with Crippen LogP contribution in [0.1, 0.15) is 36.3 Å². The van der Waals surface area contributed by atoms with E-state index < -0.39 is 11.7 Å². The van der Waals surface area contributed by atoms with Crippen molar-refractivity contribution in [1.82, 2.24) is 9.97 Å². The molecule has 0 saturated heterocycles. The first-order chi connectivity index (χ1) is 12.3. The normalized spacial score (nSPS) is 12.1. The number of carbonyl (C=O) groups is 1. The molecule has 0 radical (unpaired) electrons. The van der Waals surface area contributed by atoms with E-state index in [0.29, 0.717) is 18.2 Å². The number of hydrogen-bond acceptors (Lipinski definition) is 6. The smallest absolute Gasteiger partial charge is 0.252 e. The van der Waals surface area contributed by atoms with Crippen molar-refractivity contribution < 1.29 is 9.18 Å². The van der Waals surface area contributed by atoms with Crippen LogP contribution in [-0.2, 0) is 0 Å². The van der Waals surface area contributed by atoms with Gasteiger partial charge in [-0.25, -0.2) is 9.37 Å². The van der Waals surface area contributed by atoms with Crippen molar-refractivity contribution in [2.75, 3.05) is 17.2 Å². The molecule has 1 atom stereocenters. The minimum absolute atomic E-state index is 0.0729. The van der Waals surface area contributed by atoms with Crippen molar-refractivity contribution in [2.45, 2.75) is 33.2 Å². The summed E-state index contributed by atoms with van der Waals surface area (Å²) in [6.07, 6.45) is 3.65. The molecule has 8 heteroatoms. The zero-order valence-electron chi connectivity index (χ0n) is 15.2. The number of amides is 1. The van der Waals surface area contributed by atoms with E-state index in [4.69, 9.17) is 11.5 Å². The van der Waals surface area contributed by atoms with Crippen molar-refractivity contribution in [1.29, 1.82) is 0 Å². The number of nitrogens with one attached hydrogen (secondary N) is 2. The van der Waals surface area contributed by atoms with Crippen molar-refractivity contribution in [3.8, 4) is 0 Å². The Morgan fingerprint density at radius 1 is 1.35 bits per heavy atom. The van der Waals surface area contributed by atoms with E-state index in [9.17, 15) is 4.79 Å². The Bertz CT molecular complexity index is 780. The molecule has 2 aromatic heterocycles. The molecule has 6 N–H and O–H groups in total. The third-order valence-corrected chi connectivity index (χ3v) is 3.92. The molecule has 0 aliphatic rings. The fourth-order valence-electron chi connectivity index (χ4n) is 2.65. The first-order valence-electron chi connectivity index (χ1n) is 8.47. The lowest BCUT2D eigenvalue weighted by atomic mass is 10.0. The molecule has 140 valence electrons. The van der Waals surface area contributed by atoms with Crippen molar-refractivity contribution >= 4 is 23.1 Å². The summed E-state index contributed by atoms with van der Waals surface area (Å²) in [5.41, 5.74) is 12.2. The topological polar surface area (TPSA) is 119 Å². The number of carbonyl (C=O) groups excluding carboxylic acids is 1. The van der Waals surface area contributed by atoms with Crippen LogP contribution in [0.25, 0.3) is 0 Å². The molecule has 0 aromatic carbocycles. The van der Waals surface area contributed by atoms with Crippen LogP contribution in [0.3, 0.4) is 0 Å². The number of hydrogen-bond donors (Lipinski definition) is 4. The molecule has 0 spiro atoms. The van der Waals surface area contributed by atoms with E-state index in [1.165, 1.54) is 18.5 Å². The summed E-state index contributed by atoms with van der Waals surface area (Å²) in [7, 11) is 0. The predicted octanol–water partition coefficient (Wildman–Crippen LogP) is 2.55. The number of anilines is 3. The minimum Gasteiger partial charge on any atom is -0.377 e. The highest BCUT2D eigenvalue weighted by molar-refractivity contribution is 5.98. The summed E-state index contributed by atoms with van der Waals surface area (Å²) in [4.78, 5) is 19.8. The molecule has 2 rings (SSSR count). The average Bonchev–Trinajstić information content (AvgIpc) is 2.60. The Morgan fingerprint density at radius 2 is 2.08 bits per heavy atom. The Morgan fingerprint density at radius 3 is 2.69 bits per heavy atom. The second kappa shape index (κ2) is 8.57. The highest BCUT2D eigenvalue weighted by Gasteiger charge is 2.18. The Hall–Kier alpha value is -2.74. The van der Waals surface area contributed by atoms with Crippen LogP contribution < -0.4 is 22.1 Å². The second-order valence-electron chi connectivity index (χ2n) is 6.54. The summed E-state index contributed by atoms with van der Waals surface area (Å²) in [5.74, 6) is -0.575. The second-order valence-corrected chi connectivity index (χ2v) is 6.54. The van der Waals surface area contributed by atoms with Crippen molar-refractivity contribution in [2.24, 2.45) is 17.4 Å². The van der Waals surface area contributed by atoms with Gasteiger partial charge in [0.2, 0.25) is 0 Å². The molecule has 0 unspecified atom stereocenters. The van der Waals surface area contributed by atoms with E-state index in [0.717, 1.165) is 6.42 Å². The van der Waals surface area contributed by atoms with Crippen LogP contribution >= 0.6 is 0 Å². The number of nitrogens with two attached hydrogens (primary N) is 2. The van der Waals surface area contributed by atoms with Crippen molar-refractivity contribution in [3.63, 3.8) is 0 Å². The average molecular weight is 360 g/mol. The maximum absolute atomic E-state index is 15.0. The molecule has 0 saturated carbocycles. The Labute approximate surface area is 152 Å². The van der Waals surface area contributed by atoms with Gasteiger partial charge in [-0.3, -0.25) is 9.78 Å². The van der Waals surface area contributed by atoms with Crippen LogP contribution in [0, 0.1) is 18.7 Å². The molecular weight excluding hydrogens is 335 g/mol. The monoisotopic (exact) mass is 360 g/mol. The SMILES string of the molecule is Cc1ncc(Nc2ncccc2C(N)=O)c(F)c1N[C@@H](CN)CC(C)C. The first-order valence-corrected chi connectivity index (χ1v) is 8.47. The molecule has 1 amide bonds. The van der Waals surface area contributed by atoms with Gasteiger partial charge in [0.15, 0.2) is 5.82 Å².